The minimum absolute atomic E-state index is 0.0843. The summed E-state index contributed by atoms with van der Waals surface area (Å²) in [5.41, 5.74) is 0.980. The van der Waals surface area contributed by atoms with Crippen LogP contribution in [-0.2, 0) is 56.9 Å². The van der Waals surface area contributed by atoms with Crippen LogP contribution < -0.4 is 0 Å². The molecule has 0 aromatic heterocycles. The predicted molar refractivity (Wildman–Crippen MR) is 339 cm³/mol. The number of allylic oxidation sites excluding steroid dienone is 5. The Kier molecular flexibility index (Phi) is 19.0. The zero-order chi connectivity index (χ0) is 70.2. The van der Waals surface area contributed by atoms with Crippen LogP contribution in [0.25, 0.3) is 22.8 Å². The Balaban J connectivity index is 1.21. The van der Waals surface area contributed by atoms with Crippen molar-refractivity contribution < 1.29 is 117 Å². The maximum absolute atomic E-state index is 17.9. The predicted octanol–water partition coefficient (Wildman–Crippen LogP) is 5.03. The minimum Gasteiger partial charge on any atom is -0.711 e. The van der Waals surface area contributed by atoms with Crippen LogP contribution in [0.5, 0.6) is 23.0 Å². The van der Waals surface area contributed by atoms with E-state index in [2.05, 4.69) is 5.11 Å². The van der Waals surface area contributed by atoms with Crippen molar-refractivity contribution in [1.82, 2.24) is 9.80 Å². The van der Waals surface area contributed by atoms with Gasteiger partial charge in [-0.25, -0.2) is 0 Å². The highest BCUT2D eigenvalue weighted by Crippen LogP contribution is 2.67. The first-order valence-electron chi connectivity index (χ1n) is 32.8. The number of Topliss-reactive ketones (excluding diaryl/α,β-unsaturated/α-hetero) is 1. The number of rotatable bonds is 17. The summed E-state index contributed by atoms with van der Waals surface area (Å²) in [6, 6.07) is -3.21. The maximum Gasteiger partial charge on any atom is 0.190 e. The highest BCUT2D eigenvalue weighted by molar-refractivity contribution is 6.31. The van der Waals surface area contributed by atoms with Crippen molar-refractivity contribution in [3.63, 3.8) is 0 Å². The van der Waals surface area contributed by atoms with Crippen LogP contribution in [0, 0.1) is 11.8 Å². The van der Waals surface area contributed by atoms with Gasteiger partial charge in [0, 0.05) is 86.0 Å². The van der Waals surface area contributed by atoms with E-state index in [9.17, 15) is 65.6 Å². The Morgan fingerprint density at radius 1 is 0.546 bits per heavy atom. The summed E-state index contributed by atoms with van der Waals surface area (Å²) in [4.78, 5) is 77.5. The summed E-state index contributed by atoms with van der Waals surface area (Å²) in [5, 5.41) is 105. The summed E-state index contributed by atoms with van der Waals surface area (Å²) in [6.07, 6.45) is -16.0. The summed E-state index contributed by atoms with van der Waals surface area (Å²) < 4.78 is 74.6. The second kappa shape index (κ2) is 26.2. The summed E-state index contributed by atoms with van der Waals surface area (Å²) >= 11 is 0. The van der Waals surface area contributed by atoms with E-state index < -0.39 is 248 Å². The number of phenolic OH excluding ortho intramolecular Hbond substituents is 4. The van der Waals surface area contributed by atoms with Crippen molar-refractivity contribution in [2.24, 2.45) is 17.0 Å². The van der Waals surface area contributed by atoms with Crippen molar-refractivity contribution in [3.05, 3.63) is 91.2 Å². The van der Waals surface area contributed by atoms with Gasteiger partial charge in [0.25, 0.3) is 0 Å². The molecular weight excluding hydrogens is 1270 g/mol. The molecule has 0 bridgehead atoms. The lowest BCUT2D eigenvalue weighted by molar-refractivity contribution is -0.347. The number of phenols is 4. The number of aromatic hydroxyl groups is 4. The molecule has 2 aromatic carbocycles. The van der Waals surface area contributed by atoms with Gasteiger partial charge in [-0.1, -0.05) is 13.8 Å². The third-order valence-electron chi connectivity index (χ3n) is 21.8. The van der Waals surface area contributed by atoms with Gasteiger partial charge in [0.05, 0.1) is 101 Å². The molecule has 526 valence electrons. The lowest BCUT2D eigenvalue weighted by Crippen LogP contribution is -2.70. The van der Waals surface area contributed by atoms with Gasteiger partial charge < -0.3 is 113 Å². The van der Waals surface area contributed by atoms with Crippen LogP contribution >= 0.6 is 0 Å². The lowest BCUT2D eigenvalue weighted by Gasteiger charge is -2.59. The van der Waals surface area contributed by atoms with E-state index in [4.69, 9.17) is 52.1 Å². The number of carbonyl (C=O) groups is 5. The third-order valence-corrected chi connectivity index (χ3v) is 21.8. The summed E-state index contributed by atoms with van der Waals surface area (Å²) in [5.74, 6) is -13.5. The molecule has 8 N–H and O–H groups in total. The molecule has 2 aromatic rings. The van der Waals surface area contributed by atoms with Crippen molar-refractivity contribution in [1.29, 1.82) is 0 Å². The van der Waals surface area contributed by atoms with Crippen molar-refractivity contribution in [3.8, 4) is 23.0 Å². The van der Waals surface area contributed by atoms with Gasteiger partial charge in [0.15, 0.2) is 54.1 Å². The van der Waals surface area contributed by atoms with Gasteiger partial charge in [0.2, 0.25) is 0 Å². The average Bonchev–Trinajstić information content (AvgIpc) is 1.60. The monoisotopic (exact) mass is 1350 g/mol. The number of aliphatic hydroxyl groups is 4. The number of hydrogen-bond acceptors (Lipinski definition) is 27. The van der Waals surface area contributed by atoms with Gasteiger partial charge in [-0.15, -0.1) is 0 Å². The fraction of sp³-hybridized carbons (Fsp3) is 0.609. The summed E-state index contributed by atoms with van der Waals surface area (Å²) in [6.45, 7) is 9.93. The van der Waals surface area contributed by atoms with Gasteiger partial charge in [0.1, 0.15) is 64.4 Å². The standard InChI is InChI=1S/C69H85N4O24/c1-14-68(96-42-24-38(88-12)65(89-13)28(6)93-42)53(63(85)44-30(66(68)94-39-21-35(78)56(72(7)8)25(3)90-39)20-29-43(44)60(82)46-32(75)17-16-31(74)45(46)59(29)81)54-64(86)50-49-51(62(84)48-34(77)19-18-33(76)47(48)61(49)83)55(71-70)52(50)67(95-40-22-36(79)57(73(9)10)26(4)91-40)69(54,15-2)97-41-23-37(87-11)58(80)27(5)92-41/h16-20,25-28,35-42,53-58,65-67,78-85H,14-15,21-24H2,1-13H3/q-1/t25-,26-,27-,28-,35-,36-,37-,38-,39+,40+,41-,42-,53-,54-,55?,56-,57-,58-,65-,66+,67+,68-,69-/m0/s1. The second-order valence-corrected chi connectivity index (χ2v) is 27.3. The SMILES string of the molecule is CC[C@@]1(O[C@H]2C[C@H](OC)[C@@H](O)[C@H](C)O2)[C@H](O[C@@H]2C[C@H](O)[C@@H](N(C)C)[C@H](C)O2)C2=C(C(=O)[C@@H]1[C@H]1C(O)=C3C(=Cc4c(O)c5c(c(O)c43)C(=O)C=CC5=O)[C@@H](O[C@@H]3C[C@H](O)[C@@H](N(C)C)[C@H](C)O3)[C@@]1(CC)O[C@H]1C[C@H](OC)[C@@H](OC)[C@H](C)O1)c1c(O)c3c(c(O)c1C2N=[N-])C(=O)C=CC3=O. The number of benzene rings is 2. The first kappa shape index (κ1) is 70.3. The molecule has 4 saturated heterocycles. The lowest BCUT2D eigenvalue weighted by atomic mass is 9.55. The number of nitrogens with zero attached hydrogens (tertiary/aromatic N) is 4. The van der Waals surface area contributed by atoms with E-state index in [-0.39, 0.29) is 54.4 Å². The Labute approximate surface area is 559 Å². The van der Waals surface area contributed by atoms with Gasteiger partial charge in [-0.3, -0.25) is 24.0 Å². The highest BCUT2D eigenvalue weighted by Gasteiger charge is 2.71. The number of ketones is 5. The molecule has 4 aliphatic heterocycles. The van der Waals surface area contributed by atoms with Crippen LogP contribution in [0.3, 0.4) is 0 Å². The molecule has 23 atom stereocenters. The quantitative estimate of drug-likeness (QED) is 0.0760. The third kappa shape index (κ3) is 10.8. The van der Waals surface area contributed by atoms with E-state index in [1.807, 2.05) is 0 Å². The van der Waals surface area contributed by atoms with Crippen molar-refractivity contribution in [2.75, 3.05) is 49.5 Å². The highest BCUT2D eigenvalue weighted by atomic mass is 16.7. The van der Waals surface area contributed by atoms with Crippen molar-refractivity contribution in [2.45, 2.75) is 208 Å². The molecular formula is C69H85N4O24-. The van der Waals surface area contributed by atoms with E-state index in [0.29, 0.717) is 0 Å². The fourth-order valence-electron chi connectivity index (χ4n) is 17.6. The van der Waals surface area contributed by atoms with Crippen LogP contribution in [0.1, 0.15) is 150 Å². The number of likely N-dealkylation sites (N-methyl/N-ethyl adjacent to an activating group) is 2. The smallest absolute Gasteiger partial charge is 0.190 e. The molecule has 28 heteroatoms. The van der Waals surface area contributed by atoms with Crippen LogP contribution in [0.2, 0.25) is 0 Å². The van der Waals surface area contributed by atoms with Gasteiger partial charge in [-0.05, 0) is 105 Å². The Bertz CT molecular complexity index is 3740. The summed E-state index contributed by atoms with van der Waals surface area (Å²) in [7, 11) is 11.3. The number of carbonyl (C=O) groups excluding carboxylic acids is 5. The molecule has 0 radical (unpaired) electrons. The number of fused-ring (bicyclic) bond motifs is 7. The van der Waals surface area contributed by atoms with E-state index >= 15 is 4.79 Å². The van der Waals surface area contributed by atoms with Crippen molar-refractivity contribution >= 4 is 46.1 Å². The minimum atomic E-state index is -2.51. The largest absolute Gasteiger partial charge is 0.711 e. The van der Waals surface area contributed by atoms with Gasteiger partial charge in [-0.2, -0.15) is 0 Å². The molecule has 12 rings (SSSR count). The number of aliphatic hydroxyl groups excluding tert-OH is 4. The molecule has 4 heterocycles. The molecule has 0 saturated carbocycles. The zero-order valence-corrected chi connectivity index (χ0v) is 56.2. The zero-order valence-electron chi connectivity index (χ0n) is 56.2. The van der Waals surface area contributed by atoms with Crippen LogP contribution in [0.4, 0.5) is 0 Å². The molecule has 97 heavy (non-hydrogen) atoms. The maximum atomic E-state index is 17.9. The Hall–Kier alpha value is -6.55. The molecule has 1 unspecified atom stereocenters. The first-order chi connectivity index (χ1) is 46.0. The van der Waals surface area contributed by atoms with E-state index in [0.717, 1.165) is 24.3 Å². The topological polar surface area (TPSA) is 390 Å². The molecule has 0 amide bonds. The second-order valence-electron chi connectivity index (χ2n) is 27.3. The number of hydrogen-bond donors (Lipinski definition) is 8. The molecule has 4 fully saturated rings. The number of ether oxygens (including phenoxy) is 11. The Morgan fingerprint density at radius 3 is 1.47 bits per heavy atom. The number of methoxy groups -OCH3 is 3. The Morgan fingerprint density at radius 2 is 1.00 bits per heavy atom. The van der Waals surface area contributed by atoms with Gasteiger partial charge >= 0.3 is 0 Å². The molecule has 28 nitrogen and oxygen atoms in total. The van der Waals surface area contributed by atoms with E-state index in [1.54, 1.807) is 79.5 Å². The van der Waals surface area contributed by atoms with Crippen LogP contribution in [0.15, 0.2) is 46.3 Å². The van der Waals surface area contributed by atoms with E-state index in [1.165, 1.54) is 27.4 Å². The normalized spacial score (nSPS) is 38.6. The molecule has 10 aliphatic rings. The average molecular weight is 1350 g/mol. The fourth-order valence-corrected chi connectivity index (χ4v) is 17.6. The first-order valence-corrected chi connectivity index (χ1v) is 32.8. The molecule has 0 spiro atoms. The van der Waals surface area contributed by atoms with Crippen LogP contribution in [-0.4, -0.2) is 251 Å². The molecule has 6 aliphatic carbocycles.